The van der Waals surface area contributed by atoms with E-state index in [1.54, 1.807) is 19.5 Å². The molecule has 0 aliphatic carbocycles. The zero-order valence-electron chi connectivity index (χ0n) is 12.6. The smallest absolute Gasteiger partial charge is 0.212 e. The van der Waals surface area contributed by atoms with Crippen LogP contribution in [0.5, 0.6) is 5.88 Å². The number of rotatable bonds is 3. The Morgan fingerprint density at radius 2 is 1.55 bits per heavy atom. The van der Waals surface area contributed by atoms with Crippen LogP contribution in [0.25, 0.3) is 22.3 Å². The Kier molecular flexibility index (Phi) is 3.74. The zero-order chi connectivity index (χ0) is 15.5. The monoisotopic (exact) mass is 291 g/mol. The van der Waals surface area contributed by atoms with E-state index in [2.05, 4.69) is 41.2 Å². The lowest BCUT2D eigenvalue weighted by Crippen LogP contribution is -1.96. The number of aromatic nitrogens is 2. The van der Waals surface area contributed by atoms with Crippen LogP contribution in [0, 0.1) is 6.92 Å². The minimum absolute atomic E-state index is 0.489. The van der Waals surface area contributed by atoms with Gasteiger partial charge < -0.3 is 10.5 Å². The van der Waals surface area contributed by atoms with Gasteiger partial charge in [-0.05, 0) is 24.6 Å². The first-order valence-corrected chi connectivity index (χ1v) is 7.00. The van der Waals surface area contributed by atoms with Gasteiger partial charge in [0.1, 0.15) is 5.82 Å². The quantitative estimate of drug-likeness (QED) is 0.799. The second-order valence-electron chi connectivity index (χ2n) is 5.11. The van der Waals surface area contributed by atoms with E-state index >= 15 is 0 Å². The van der Waals surface area contributed by atoms with Crippen molar-refractivity contribution in [1.82, 2.24) is 9.97 Å². The van der Waals surface area contributed by atoms with Gasteiger partial charge in [0.25, 0.3) is 0 Å². The van der Waals surface area contributed by atoms with Gasteiger partial charge in [0.05, 0.1) is 7.11 Å². The number of hydrogen-bond donors (Lipinski definition) is 1. The molecule has 3 aromatic rings. The highest BCUT2D eigenvalue weighted by Crippen LogP contribution is 2.29. The van der Waals surface area contributed by atoms with Crippen molar-refractivity contribution in [1.29, 1.82) is 0 Å². The molecule has 110 valence electrons. The number of anilines is 1. The molecule has 2 N–H and O–H groups in total. The Balaban J connectivity index is 2.04. The van der Waals surface area contributed by atoms with Gasteiger partial charge in [-0.2, -0.15) is 0 Å². The van der Waals surface area contributed by atoms with E-state index in [1.165, 1.54) is 5.56 Å². The first kappa shape index (κ1) is 14.1. The van der Waals surface area contributed by atoms with Gasteiger partial charge >= 0.3 is 0 Å². The van der Waals surface area contributed by atoms with Gasteiger partial charge in [0.15, 0.2) is 0 Å². The van der Waals surface area contributed by atoms with Gasteiger partial charge in [-0.15, -0.1) is 0 Å². The second-order valence-corrected chi connectivity index (χ2v) is 5.11. The van der Waals surface area contributed by atoms with E-state index in [-0.39, 0.29) is 0 Å². The van der Waals surface area contributed by atoms with Crippen molar-refractivity contribution in [2.45, 2.75) is 6.92 Å². The molecule has 2 heterocycles. The predicted octanol–water partition coefficient (Wildman–Crippen LogP) is 3.71. The number of nitrogen functional groups attached to an aromatic ring is 1. The fraction of sp³-hybridized carbons (Fsp3) is 0.111. The third-order valence-corrected chi connectivity index (χ3v) is 3.56. The Labute approximate surface area is 129 Å². The SMILES string of the molecule is COc1ccc(-c2cc(-c3ccc(C)cc3)cnc2N)cn1. The summed E-state index contributed by atoms with van der Waals surface area (Å²) >= 11 is 0. The molecule has 0 aliphatic heterocycles. The maximum atomic E-state index is 6.02. The average molecular weight is 291 g/mol. The summed E-state index contributed by atoms with van der Waals surface area (Å²) in [6, 6.07) is 14.1. The van der Waals surface area contributed by atoms with Crippen LogP contribution >= 0.6 is 0 Å². The molecule has 0 bridgehead atoms. The molecule has 0 fully saturated rings. The third kappa shape index (κ3) is 2.76. The molecule has 22 heavy (non-hydrogen) atoms. The molecular weight excluding hydrogens is 274 g/mol. The lowest BCUT2D eigenvalue weighted by Gasteiger charge is -2.09. The fourth-order valence-corrected chi connectivity index (χ4v) is 2.27. The van der Waals surface area contributed by atoms with Crippen LogP contribution in [0.3, 0.4) is 0 Å². The molecule has 0 atom stereocenters. The summed E-state index contributed by atoms with van der Waals surface area (Å²) in [5.74, 6) is 1.06. The van der Waals surface area contributed by atoms with Crippen LogP contribution in [-0.4, -0.2) is 17.1 Å². The van der Waals surface area contributed by atoms with E-state index in [4.69, 9.17) is 10.5 Å². The fourth-order valence-electron chi connectivity index (χ4n) is 2.27. The molecule has 3 rings (SSSR count). The van der Waals surface area contributed by atoms with Crippen LogP contribution in [0.1, 0.15) is 5.56 Å². The molecular formula is C18H17N3O. The summed E-state index contributed by atoms with van der Waals surface area (Å²) in [7, 11) is 1.59. The first-order chi connectivity index (χ1) is 10.7. The number of nitrogens with zero attached hydrogens (tertiary/aromatic N) is 2. The molecule has 1 aromatic carbocycles. The minimum atomic E-state index is 0.489. The Morgan fingerprint density at radius 1 is 0.864 bits per heavy atom. The highest BCUT2D eigenvalue weighted by Gasteiger charge is 2.08. The number of methoxy groups -OCH3 is 1. The molecule has 4 heteroatoms. The highest BCUT2D eigenvalue weighted by molar-refractivity contribution is 5.79. The van der Waals surface area contributed by atoms with Crippen molar-refractivity contribution in [3.05, 3.63) is 60.4 Å². The van der Waals surface area contributed by atoms with Crippen LogP contribution in [0.2, 0.25) is 0 Å². The molecule has 0 saturated carbocycles. The number of benzene rings is 1. The molecule has 0 unspecified atom stereocenters. The zero-order valence-corrected chi connectivity index (χ0v) is 12.6. The van der Waals surface area contributed by atoms with Crippen molar-refractivity contribution in [3.63, 3.8) is 0 Å². The number of pyridine rings is 2. The van der Waals surface area contributed by atoms with E-state index in [0.717, 1.165) is 22.3 Å². The normalized spacial score (nSPS) is 10.5. The summed E-state index contributed by atoms with van der Waals surface area (Å²) in [4.78, 5) is 8.54. The summed E-state index contributed by atoms with van der Waals surface area (Å²) in [5, 5.41) is 0. The summed E-state index contributed by atoms with van der Waals surface area (Å²) in [6.45, 7) is 2.07. The van der Waals surface area contributed by atoms with Gasteiger partial charge in [-0.25, -0.2) is 9.97 Å². The van der Waals surface area contributed by atoms with Crippen molar-refractivity contribution >= 4 is 5.82 Å². The van der Waals surface area contributed by atoms with Crippen molar-refractivity contribution in [3.8, 4) is 28.1 Å². The van der Waals surface area contributed by atoms with Gasteiger partial charge in [-0.1, -0.05) is 29.8 Å². The maximum Gasteiger partial charge on any atom is 0.212 e. The maximum absolute atomic E-state index is 6.02. The van der Waals surface area contributed by atoms with E-state index < -0.39 is 0 Å². The van der Waals surface area contributed by atoms with Gasteiger partial charge in [0.2, 0.25) is 5.88 Å². The van der Waals surface area contributed by atoms with Crippen molar-refractivity contribution in [2.75, 3.05) is 12.8 Å². The van der Waals surface area contributed by atoms with Crippen molar-refractivity contribution < 1.29 is 4.74 Å². The van der Waals surface area contributed by atoms with Gasteiger partial charge in [-0.3, -0.25) is 0 Å². The molecule has 0 aliphatic rings. The lowest BCUT2D eigenvalue weighted by atomic mass is 10.0. The van der Waals surface area contributed by atoms with Crippen molar-refractivity contribution in [2.24, 2.45) is 0 Å². The molecule has 2 aromatic heterocycles. The summed E-state index contributed by atoms with van der Waals surface area (Å²) < 4.78 is 5.08. The second kappa shape index (κ2) is 5.85. The van der Waals surface area contributed by atoms with Crippen LogP contribution in [-0.2, 0) is 0 Å². The Bertz CT molecular complexity index is 780. The Morgan fingerprint density at radius 3 is 2.18 bits per heavy atom. The predicted molar refractivity (Wildman–Crippen MR) is 88.6 cm³/mol. The molecule has 0 saturated heterocycles. The van der Waals surface area contributed by atoms with E-state index in [9.17, 15) is 0 Å². The van der Waals surface area contributed by atoms with Crippen LogP contribution in [0.4, 0.5) is 5.82 Å². The van der Waals surface area contributed by atoms with E-state index in [0.29, 0.717) is 11.7 Å². The highest BCUT2D eigenvalue weighted by atomic mass is 16.5. The molecule has 4 nitrogen and oxygen atoms in total. The number of ether oxygens (including phenoxy) is 1. The number of nitrogens with two attached hydrogens (primary N) is 1. The summed E-state index contributed by atoms with van der Waals surface area (Å²) in [6.07, 6.45) is 3.53. The molecule has 0 spiro atoms. The number of hydrogen-bond acceptors (Lipinski definition) is 4. The average Bonchev–Trinajstić information content (AvgIpc) is 2.56. The van der Waals surface area contributed by atoms with Gasteiger partial charge in [0, 0.05) is 35.2 Å². The minimum Gasteiger partial charge on any atom is -0.481 e. The lowest BCUT2D eigenvalue weighted by molar-refractivity contribution is 0.398. The Hall–Kier alpha value is -2.88. The topological polar surface area (TPSA) is 61.0 Å². The molecule has 0 amide bonds. The first-order valence-electron chi connectivity index (χ1n) is 7.00. The summed E-state index contributed by atoms with van der Waals surface area (Å²) in [5.41, 5.74) is 11.2. The molecule has 0 radical (unpaired) electrons. The van der Waals surface area contributed by atoms with Crippen LogP contribution < -0.4 is 10.5 Å². The standard InChI is InChI=1S/C18H17N3O/c1-12-3-5-13(6-4-12)15-9-16(18(19)21-11-15)14-7-8-17(22-2)20-10-14/h3-11H,1-2H3,(H2,19,21). The van der Waals surface area contributed by atoms with E-state index in [1.807, 2.05) is 18.2 Å². The number of aryl methyl sites for hydroxylation is 1. The van der Waals surface area contributed by atoms with Crippen LogP contribution in [0.15, 0.2) is 54.9 Å². The largest absolute Gasteiger partial charge is 0.481 e. The third-order valence-electron chi connectivity index (χ3n) is 3.56.